The van der Waals surface area contributed by atoms with E-state index >= 15 is 0 Å². The zero-order chi connectivity index (χ0) is 17.8. The number of piperidine rings is 1. The number of carbonyl (C=O) groups excluding carboxylic acids is 1. The van der Waals surface area contributed by atoms with Crippen molar-refractivity contribution in [3.05, 3.63) is 18.6 Å². The Morgan fingerprint density at radius 3 is 2.88 bits per heavy atom. The molecule has 1 aliphatic heterocycles. The Hall–Kier alpha value is -1.78. The van der Waals surface area contributed by atoms with Crippen LogP contribution >= 0.6 is 0 Å². The van der Waals surface area contributed by atoms with E-state index in [1.807, 2.05) is 4.90 Å². The maximum atomic E-state index is 12.0. The van der Waals surface area contributed by atoms with Gasteiger partial charge in [-0.05, 0) is 12.8 Å². The van der Waals surface area contributed by atoms with Gasteiger partial charge in [-0.2, -0.15) is 0 Å². The van der Waals surface area contributed by atoms with Crippen LogP contribution in [0.25, 0.3) is 0 Å². The fraction of sp³-hybridized carbons (Fsp3) is 0.643. The number of aromatic nitrogens is 2. The number of nitrogens with zero attached hydrogens (tertiary/aromatic N) is 4. The van der Waals surface area contributed by atoms with E-state index < -0.39 is 21.5 Å². The molecule has 1 aromatic heterocycles. The van der Waals surface area contributed by atoms with Crippen molar-refractivity contribution >= 4 is 21.7 Å². The quantitative estimate of drug-likeness (QED) is 0.658. The van der Waals surface area contributed by atoms with Crippen molar-refractivity contribution in [2.45, 2.75) is 18.4 Å². The molecule has 1 amide bonds. The smallest absolute Gasteiger partial charge is 0.237 e. The normalized spacial score (nSPS) is 21.5. The van der Waals surface area contributed by atoms with Crippen LogP contribution in [-0.4, -0.2) is 79.4 Å². The zero-order valence-corrected chi connectivity index (χ0v) is 14.7. The topological polar surface area (TPSA) is 116 Å². The van der Waals surface area contributed by atoms with Gasteiger partial charge in [-0.25, -0.2) is 18.1 Å². The standard InChI is InChI=1S/C14H23N5O4S/c1-18(13(20)9-17-24(2,22)23)10-14(21)4-3-7-19(11-14)12-8-15-5-6-16-12/h5-6,8,17,21H,3-4,7,9-11H2,1-2H3/t14-/m0/s1. The van der Waals surface area contributed by atoms with Crippen LogP contribution in [0.3, 0.4) is 0 Å². The van der Waals surface area contributed by atoms with Crippen molar-refractivity contribution in [2.75, 3.05) is 44.4 Å². The van der Waals surface area contributed by atoms with Crippen molar-refractivity contribution in [2.24, 2.45) is 0 Å². The fourth-order valence-electron chi connectivity index (χ4n) is 2.75. The summed E-state index contributed by atoms with van der Waals surface area (Å²) in [7, 11) is -1.88. The number of sulfonamides is 1. The van der Waals surface area contributed by atoms with E-state index in [9.17, 15) is 18.3 Å². The van der Waals surface area contributed by atoms with Crippen LogP contribution in [0.2, 0.25) is 0 Å². The first-order chi connectivity index (χ1) is 11.2. The molecule has 2 N–H and O–H groups in total. The van der Waals surface area contributed by atoms with Crippen molar-refractivity contribution < 1.29 is 18.3 Å². The summed E-state index contributed by atoms with van der Waals surface area (Å²) < 4.78 is 24.3. The maximum absolute atomic E-state index is 12.0. The Morgan fingerprint density at radius 2 is 2.25 bits per heavy atom. The van der Waals surface area contributed by atoms with Crippen LogP contribution in [0.4, 0.5) is 5.82 Å². The molecule has 0 spiro atoms. The number of likely N-dealkylation sites (N-methyl/N-ethyl adjacent to an activating group) is 1. The molecule has 1 aromatic rings. The monoisotopic (exact) mass is 357 g/mol. The van der Waals surface area contributed by atoms with Crippen LogP contribution in [0, 0.1) is 0 Å². The zero-order valence-electron chi connectivity index (χ0n) is 13.8. The lowest BCUT2D eigenvalue weighted by Gasteiger charge is -2.41. The Bertz CT molecular complexity index is 669. The minimum Gasteiger partial charge on any atom is -0.386 e. The van der Waals surface area contributed by atoms with Crippen molar-refractivity contribution in [3.8, 4) is 0 Å². The summed E-state index contributed by atoms with van der Waals surface area (Å²) in [6.45, 7) is 0.893. The Labute approximate surface area is 141 Å². The van der Waals surface area contributed by atoms with Gasteiger partial charge in [-0.3, -0.25) is 9.78 Å². The van der Waals surface area contributed by atoms with E-state index in [4.69, 9.17) is 0 Å². The number of hydrogen-bond acceptors (Lipinski definition) is 7. The van der Waals surface area contributed by atoms with E-state index in [1.165, 1.54) is 4.90 Å². The predicted octanol–water partition coefficient (Wildman–Crippen LogP) is -1.18. The summed E-state index contributed by atoms with van der Waals surface area (Å²) in [5.74, 6) is 0.286. The number of rotatable bonds is 6. The van der Waals surface area contributed by atoms with E-state index in [1.54, 1.807) is 25.6 Å². The van der Waals surface area contributed by atoms with Crippen molar-refractivity contribution in [3.63, 3.8) is 0 Å². The molecule has 1 atom stereocenters. The maximum Gasteiger partial charge on any atom is 0.237 e. The van der Waals surface area contributed by atoms with Gasteiger partial charge in [0.2, 0.25) is 15.9 Å². The first-order valence-electron chi connectivity index (χ1n) is 7.60. The molecule has 0 aromatic carbocycles. The lowest BCUT2D eigenvalue weighted by atomic mass is 9.92. The number of nitrogens with one attached hydrogen (secondary N) is 1. The molecule has 24 heavy (non-hydrogen) atoms. The molecule has 1 saturated heterocycles. The molecule has 0 bridgehead atoms. The number of hydrogen-bond donors (Lipinski definition) is 2. The van der Waals surface area contributed by atoms with E-state index in [-0.39, 0.29) is 13.1 Å². The van der Waals surface area contributed by atoms with Crippen LogP contribution in [-0.2, 0) is 14.8 Å². The third-order valence-electron chi connectivity index (χ3n) is 3.87. The average molecular weight is 357 g/mol. The minimum atomic E-state index is -3.43. The third-order valence-corrected chi connectivity index (χ3v) is 4.54. The highest BCUT2D eigenvalue weighted by Gasteiger charge is 2.36. The Kier molecular flexibility index (Phi) is 5.73. The van der Waals surface area contributed by atoms with Crippen LogP contribution in [0.1, 0.15) is 12.8 Å². The van der Waals surface area contributed by atoms with Gasteiger partial charge < -0.3 is 14.9 Å². The van der Waals surface area contributed by atoms with Gasteiger partial charge in [0.25, 0.3) is 0 Å². The molecule has 134 valence electrons. The lowest BCUT2D eigenvalue weighted by Crippen LogP contribution is -2.55. The molecule has 1 fully saturated rings. The number of amides is 1. The number of aliphatic hydroxyl groups is 1. The second kappa shape index (κ2) is 7.41. The van der Waals surface area contributed by atoms with Crippen molar-refractivity contribution in [1.29, 1.82) is 0 Å². The highest BCUT2D eigenvalue weighted by atomic mass is 32.2. The van der Waals surface area contributed by atoms with Gasteiger partial charge in [-0.1, -0.05) is 0 Å². The van der Waals surface area contributed by atoms with Crippen LogP contribution in [0.15, 0.2) is 18.6 Å². The van der Waals surface area contributed by atoms with Gasteiger partial charge >= 0.3 is 0 Å². The SMILES string of the molecule is CN(C[C@@]1(O)CCCN(c2cnccn2)C1)C(=O)CNS(C)(=O)=O. The van der Waals surface area contributed by atoms with Crippen molar-refractivity contribution in [1.82, 2.24) is 19.6 Å². The number of carbonyl (C=O) groups is 1. The summed E-state index contributed by atoms with van der Waals surface area (Å²) in [4.78, 5) is 23.6. The van der Waals surface area contributed by atoms with E-state index in [2.05, 4.69) is 14.7 Å². The fourth-order valence-corrected chi connectivity index (χ4v) is 3.13. The first kappa shape index (κ1) is 18.6. The largest absolute Gasteiger partial charge is 0.386 e. The van der Waals surface area contributed by atoms with Gasteiger partial charge in [0, 0.05) is 32.5 Å². The molecule has 0 aliphatic carbocycles. The second-order valence-corrected chi connectivity index (χ2v) is 7.99. The predicted molar refractivity (Wildman–Crippen MR) is 88.9 cm³/mol. The molecule has 10 heteroatoms. The van der Waals surface area contributed by atoms with Crippen LogP contribution in [0.5, 0.6) is 0 Å². The van der Waals surface area contributed by atoms with Crippen LogP contribution < -0.4 is 9.62 Å². The first-order valence-corrected chi connectivity index (χ1v) is 9.50. The summed E-state index contributed by atoms with van der Waals surface area (Å²) in [6.07, 6.45) is 7.12. The van der Waals surface area contributed by atoms with Gasteiger partial charge in [0.15, 0.2) is 0 Å². The van der Waals surface area contributed by atoms with E-state index in [0.717, 1.165) is 19.2 Å². The third kappa shape index (κ3) is 5.39. The van der Waals surface area contributed by atoms with Gasteiger partial charge in [0.1, 0.15) is 5.82 Å². The van der Waals surface area contributed by atoms with Gasteiger partial charge in [0.05, 0.1) is 31.1 Å². The van der Waals surface area contributed by atoms with E-state index in [0.29, 0.717) is 18.8 Å². The number of β-amino-alcohol motifs (C(OH)–C–C–N with tert-alkyl or cyclic N) is 1. The molecular weight excluding hydrogens is 334 g/mol. The van der Waals surface area contributed by atoms with Gasteiger partial charge in [-0.15, -0.1) is 0 Å². The highest BCUT2D eigenvalue weighted by Crippen LogP contribution is 2.25. The second-order valence-electron chi connectivity index (χ2n) is 6.16. The molecule has 0 radical (unpaired) electrons. The molecule has 2 rings (SSSR count). The molecule has 9 nitrogen and oxygen atoms in total. The molecule has 0 saturated carbocycles. The number of anilines is 1. The summed E-state index contributed by atoms with van der Waals surface area (Å²) in [5.41, 5.74) is -1.08. The summed E-state index contributed by atoms with van der Waals surface area (Å²) in [5, 5.41) is 10.8. The Balaban J connectivity index is 1.96. The lowest BCUT2D eigenvalue weighted by molar-refractivity contribution is -0.132. The summed E-state index contributed by atoms with van der Waals surface area (Å²) in [6, 6.07) is 0. The minimum absolute atomic E-state index is 0.119. The molecule has 0 unspecified atom stereocenters. The molecule has 1 aliphatic rings. The molecule has 2 heterocycles. The summed E-state index contributed by atoms with van der Waals surface area (Å²) >= 11 is 0. The molecular formula is C14H23N5O4S. The average Bonchev–Trinajstić information content (AvgIpc) is 2.52. The Morgan fingerprint density at radius 1 is 1.50 bits per heavy atom. The highest BCUT2D eigenvalue weighted by molar-refractivity contribution is 7.88.